The van der Waals surface area contributed by atoms with Gasteiger partial charge in [-0.2, -0.15) is 5.10 Å². The fourth-order valence-corrected chi connectivity index (χ4v) is 3.67. The highest BCUT2D eigenvalue weighted by molar-refractivity contribution is 6.39. The van der Waals surface area contributed by atoms with Crippen LogP contribution >= 0.6 is 23.2 Å². The SMILES string of the molecule is CC(C)c1cc(C(=O)N(C)CC(=O)Nc2c(Cl)cccc2Cl)c2cnn(C(C)C)c2n1. The first-order chi connectivity index (χ1) is 14.6. The molecule has 0 fully saturated rings. The molecule has 3 aromatic rings. The summed E-state index contributed by atoms with van der Waals surface area (Å²) in [5.74, 6) is -0.571. The number of hydrogen-bond acceptors (Lipinski definition) is 4. The van der Waals surface area contributed by atoms with E-state index in [9.17, 15) is 9.59 Å². The van der Waals surface area contributed by atoms with Crippen molar-refractivity contribution in [2.75, 3.05) is 18.9 Å². The molecule has 0 atom stereocenters. The Morgan fingerprint density at radius 3 is 2.39 bits per heavy atom. The molecule has 2 amide bonds. The summed E-state index contributed by atoms with van der Waals surface area (Å²) in [5, 5.41) is 8.40. The zero-order valence-electron chi connectivity index (χ0n) is 18.1. The van der Waals surface area contributed by atoms with Gasteiger partial charge in [0.2, 0.25) is 5.91 Å². The Labute approximate surface area is 191 Å². The molecule has 0 bridgehead atoms. The number of nitrogens with zero attached hydrogens (tertiary/aromatic N) is 4. The monoisotopic (exact) mass is 461 g/mol. The van der Waals surface area contributed by atoms with E-state index in [1.807, 2.05) is 27.7 Å². The van der Waals surface area contributed by atoms with Crippen molar-refractivity contribution in [2.24, 2.45) is 0 Å². The van der Waals surface area contributed by atoms with Crippen molar-refractivity contribution in [2.45, 2.75) is 39.7 Å². The van der Waals surface area contributed by atoms with Gasteiger partial charge in [0.1, 0.15) is 0 Å². The third kappa shape index (κ3) is 4.83. The molecule has 0 spiro atoms. The van der Waals surface area contributed by atoms with Gasteiger partial charge in [-0.15, -0.1) is 0 Å². The normalized spacial score (nSPS) is 11.4. The molecule has 0 saturated carbocycles. The number of aromatic nitrogens is 3. The van der Waals surface area contributed by atoms with Crippen LogP contribution in [0.5, 0.6) is 0 Å². The minimum absolute atomic E-state index is 0.0965. The van der Waals surface area contributed by atoms with Crippen LogP contribution in [0.3, 0.4) is 0 Å². The summed E-state index contributed by atoms with van der Waals surface area (Å²) in [7, 11) is 1.57. The van der Waals surface area contributed by atoms with E-state index in [0.717, 1.165) is 5.69 Å². The molecule has 7 nitrogen and oxygen atoms in total. The summed E-state index contributed by atoms with van der Waals surface area (Å²) < 4.78 is 1.80. The van der Waals surface area contributed by atoms with Crippen LogP contribution in [0.1, 0.15) is 55.7 Å². The van der Waals surface area contributed by atoms with E-state index in [1.54, 1.807) is 42.2 Å². The van der Waals surface area contributed by atoms with E-state index in [1.165, 1.54) is 4.90 Å². The van der Waals surface area contributed by atoms with E-state index < -0.39 is 5.91 Å². The van der Waals surface area contributed by atoms with Crippen molar-refractivity contribution in [3.05, 3.63) is 51.8 Å². The number of rotatable bonds is 6. The Balaban J connectivity index is 1.88. The van der Waals surface area contributed by atoms with E-state index in [2.05, 4.69) is 10.4 Å². The van der Waals surface area contributed by atoms with Gasteiger partial charge in [-0.1, -0.05) is 43.1 Å². The molecule has 0 aliphatic carbocycles. The smallest absolute Gasteiger partial charge is 0.254 e. The van der Waals surface area contributed by atoms with E-state index in [-0.39, 0.29) is 24.4 Å². The average molecular weight is 462 g/mol. The first-order valence-electron chi connectivity index (χ1n) is 9.97. The lowest BCUT2D eigenvalue weighted by atomic mass is 10.0. The first-order valence-corrected chi connectivity index (χ1v) is 10.7. The van der Waals surface area contributed by atoms with Crippen LogP contribution in [0.4, 0.5) is 5.69 Å². The highest BCUT2D eigenvalue weighted by Crippen LogP contribution is 2.30. The number of hydrogen-bond donors (Lipinski definition) is 1. The Bertz CT molecular complexity index is 1120. The number of carbonyl (C=O) groups is 2. The maximum Gasteiger partial charge on any atom is 0.254 e. The van der Waals surface area contributed by atoms with Crippen molar-refractivity contribution in [1.82, 2.24) is 19.7 Å². The molecule has 1 N–H and O–H groups in total. The van der Waals surface area contributed by atoms with Gasteiger partial charge in [0.15, 0.2) is 5.65 Å². The fourth-order valence-electron chi connectivity index (χ4n) is 3.18. The van der Waals surface area contributed by atoms with Crippen molar-refractivity contribution in [3.63, 3.8) is 0 Å². The van der Waals surface area contributed by atoms with Crippen molar-refractivity contribution < 1.29 is 9.59 Å². The lowest BCUT2D eigenvalue weighted by Gasteiger charge is -2.19. The number of carbonyl (C=O) groups excluding carboxylic acids is 2. The molecular weight excluding hydrogens is 437 g/mol. The van der Waals surface area contributed by atoms with Crippen LogP contribution in [0.15, 0.2) is 30.5 Å². The second-order valence-electron chi connectivity index (χ2n) is 7.98. The number of nitrogens with one attached hydrogen (secondary N) is 1. The topological polar surface area (TPSA) is 80.1 Å². The largest absolute Gasteiger partial charge is 0.332 e. The molecule has 164 valence electrons. The number of benzene rings is 1. The first kappa shape index (κ1) is 23.0. The van der Waals surface area contributed by atoms with Crippen LogP contribution in [-0.4, -0.2) is 45.1 Å². The fraction of sp³-hybridized carbons (Fsp3) is 0.364. The van der Waals surface area contributed by atoms with Crippen LogP contribution in [0, 0.1) is 0 Å². The number of halogens is 2. The van der Waals surface area contributed by atoms with Crippen molar-refractivity contribution >= 4 is 51.7 Å². The van der Waals surface area contributed by atoms with Gasteiger partial charge in [-0.3, -0.25) is 9.59 Å². The van der Waals surface area contributed by atoms with Crippen LogP contribution in [-0.2, 0) is 4.79 Å². The molecule has 3 rings (SSSR count). The maximum absolute atomic E-state index is 13.3. The summed E-state index contributed by atoms with van der Waals surface area (Å²) in [6, 6.07) is 6.82. The molecule has 1 aromatic carbocycles. The highest BCUT2D eigenvalue weighted by Gasteiger charge is 2.23. The number of pyridine rings is 1. The second kappa shape index (κ2) is 9.24. The maximum atomic E-state index is 13.3. The Kier molecular flexibility index (Phi) is 6.86. The standard InChI is InChI=1S/C22H25Cl2N5O2/c1-12(2)18-9-14(15-10-25-29(13(3)4)21(15)26-18)22(31)28(5)11-19(30)27-20-16(23)7-6-8-17(20)24/h6-10,12-13H,11H2,1-5H3,(H,27,30). The van der Waals surface area contributed by atoms with E-state index in [0.29, 0.717) is 32.3 Å². The van der Waals surface area contributed by atoms with Crippen LogP contribution in [0.25, 0.3) is 11.0 Å². The molecule has 0 aliphatic heterocycles. The summed E-state index contributed by atoms with van der Waals surface area (Å²) in [4.78, 5) is 31.9. The Hall–Kier alpha value is -2.64. The zero-order valence-corrected chi connectivity index (χ0v) is 19.6. The highest BCUT2D eigenvalue weighted by atomic mass is 35.5. The number of amides is 2. The van der Waals surface area contributed by atoms with Gasteiger partial charge in [-0.05, 0) is 38.0 Å². The van der Waals surface area contributed by atoms with E-state index >= 15 is 0 Å². The van der Waals surface area contributed by atoms with E-state index in [4.69, 9.17) is 28.2 Å². The molecule has 0 radical (unpaired) electrons. The Morgan fingerprint density at radius 2 is 1.81 bits per heavy atom. The molecule has 31 heavy (non-hydrogen) atoms. The summed E-state index contributed by atoms with van der Waals surface area (Å²) >= 11 is 12.2. The lowest BCUT2D eigenvalue weighted by Crippen LogP contribution is -2.35. The summed E-state index contributed by atoms with van der Waals surface area (Å²) in [6.07, 6.45) is 1.65. The van der Waals surface area contributed by atoms with Gasteiger partial charge < -0.3 is 10.2 Å². The van der Waals surface area contributed by atoms with Crippen molar-refractivity contribution in [1.29, 1.82) is 0 Å². The molecule has 2 heterocycles. The molecule has 0 aliphatic rings. The third-order valence-corrected chi connectivity index (χ3v) is 5.48. The molecule has 9 heteroatoms. The second-order valence-corrected chi connectivity index (χ2v) is 8.79. The Morgan fingerprint density at radius 1 is 1.16 bits per heavy atom. The lowest BCUT2D eigenvalue weighted by molar-refractivity contribution is -0.116. The average Bonchev–Trinajstić information content (AvgIpc) is 3.13. The minimum atomic E-state index is -0.405. The van der Waals surface area contributed by atoms with Crippen molar-refractivity contribution in [3.8, 4) is 0 Å². The predicted molar refractivity (Wildman–Crippen MR) is 124 cm³/mol. The van der Waals surface area contributed by atoms with Crippen LogP contribution in [0.2, 0.25) is 10.0 Å². The van der Waals surface area contributed by atoms with Gasteiger partial charge in [-0.25, -0.2) is 9.67 Å². The minimum Gasteiger partial charge on any atom is -0.332 e. The summed E-state index contributed by atoms with van der Waals surface area (Å²) in [6.45, 7) is 7.88. The predicted octanol–water partition coefficient (Wildman–Crippen LogP) is 5.15. The van der Waals surface area contributed by atoms with Gasteiger partial charge in [0.05, 0.1) is 39.4 Å². The molecular formula is C22H25Cl2N5O2. The zero-order chi connectivity index (χ0) is 22.9. The third-order valence-electron chi connectivity index (χ3n) is 4.85. The summed E-state index contributed by atoms with van der Waals surface area (Å²) in [5.41, 5.74) is 2.24. The van der Waals surface area contributed by atoms with Gasteiger partial charge >= 0.3 is 0 Å². The number of para-hydroxylation sites is 1. The molecule has 0 saturated heterocycles. The molecule has 2 aromatic heterocycles. The van der Waals surface area contributed by atoms with Gasteiger partial charge in [0.25, 0.3) is 5.91 Å². The quantitative estimate of drug-likeness (QED) is 0.549. The number of anilines is 1. The molecule has 0 unspecified atom stereocenters. The van der Waals surface area contributed by atoms with Crippen LogP contribution < -0.4 is 5.32 Å². The number of fused-ring (bicyclic) bond motifs is 1. The number of likely N-dealkylation sites (N-methyl/N-ethyl adjacent to an activating group) is 1. The van der Waals surface area contributed by atoms with Gasteiger partial charge in [0, 0.05) is 18.8 Å².